The minimum absolute atomic E-state index is 0.322. The highest BCUT2D eigenvalue weighted by molar-refractivity contribution is 5.80. The van der Waals surface area contributed by atoms with Crippen molar-refractivity contribution in [3.63, 3.8) is 0 Å². The quantitative estimate of drug-likeness (QED) is 0.389. The number of hydrogen-bond acceptors (Lipinski definition) is 3. The number of carbonyl (C=O) groups is 1. The Morgan fingerprint density at radius 2 is 2.33 bits per heavy atom. The van der Waals surface area contributed by atoms with E-state index in [9.17, 15) is 14.9 Å². The van der Waals surface area contributed by atoms with Crippen LogP contribution in [0.25, 0.3) is 0 Å². The van der Waals surface area contributed by atoms with Crippen LogP contribution in [0.1, 0.15) is 6.42 Å². The highest BCUT2D eigenvalue weighted by atomic mass is 16.6. The number of nitrogens with zero attached hydrogens (tertiary/aromatic N) is 1. The SMILES string of the molecule is NC(=O)C1CC1[N+](=O)[O-]. The van der Waals surface area contributed by atoms with Gasteiger partial charge >= 0.3 is 0 Å². The van der Waals surface area contributed by atoms with Gasteiger partial charge in [-0.1, -0.05) is 0 Å². The van der Waals surface area contributed by atoms with Crippen LogP contribution in [0.15, 0.2) is 0 Å². The second-order valence-corrected chi connectivity index (χ2v) is 2.10. The minimum Gasteiger partial charge on any atom is -0.369 e. The summed E-state index contributed by atoms with van der Waals surface area (Å²) < 4.78 is 0. The first-order chi connectivity index (χ1) is 4.13. The number of hydrogen-bond donors (Lipinski definition) is 1. The van der Waals surface area contributed by atoms with Crippen molar-refractivity contribution in [3.05, 3.63) is 10.1 Å². The molecule has 0 aliphatic heterocycles. The fourth-order valence-electron chi connectivity index (χ4n) is 0.720. The van der Waals surface area contributed by atoms with Gasteiger partial charge in [-0.15, -0.1) is 0 Å². The summed E-state index contributed by atoms with van der Waals surface area (Å²) in [5.74, 6) is -1.06. The van der Waals surface area contributed by atoms with Crippen LogP contribution in [0, 0.1) is 16.0 Å². The van der Waals surface area contributed by atoms with Crippen molar-refractivity contribution in [1.29, 1.82) is 0 Å². The van der Waals surface area contributed by atoms with E-state index >= 15 is 0 Å². The predicted molar refractivity (Wildman–Crippen MR) is 28.1 cm³/mol. The minimum atomic E-state index is -0.692. The Morgan fingerprint density at radius 1 is 1.78 bits per heavy atom. The number of amides is 1. The lowest BCUT2D eigenvalue weighted by Gasteiger charge is -1.84. The summed E-state index contributed by atoms with van der Waals surface area (Å²) in [7, 11) is 0. The van der Waals surface area contributed by atoms with Crippen LogP contribution in [0.3, 0.4) is 0 Å². The molecule has 2 unspecified atom stereocenters. The number of nitro groups is 1. The van der Waals surface area contributed by atoms with Gasteiger partial charge < -0.3 is 5.73 Å². The normalized spacial score (nSPS) is 31.6. The van der Waals surface area contributed by atoms with E-state index in [0.29, 0.717) is 6.42 Å². The van der Waals surface area contributed by atoms with Crippen molar-refractivity contribution in [1.82, 2.24) is 0 Å². The Bertz CT molecular complexity index is 149. The fraction of sp³-hybridized carbons (Fsp3) is 0.750. The average molecular weight is 130 g/mol. The fourth-order valence-corrected chi connectivity index (χ4v) is 0.720. The zero-order chi connectivity index (χ0) is 7.02. The molecule has 1 fully saturated rings. The van der Waals surface area contributed by atoms with Gasteiger partial charge in [0.15, 0.2) is 0 Å². The molecule has 0 aromatic heterocycles. The first-order valence-electron chi connectivity index (χ1n) is 2.55. The molecule has 2 N–H and O–H groups in total. The van der Waals surface area contributed by atoms with Gasteiger partial charge in [0, 0.05) is 11.3 Å². The molecule has 0 aromatic rings. The van der Waals surface area contributed by atoms with Crippen molar-refractivity contribution >= 4 is 5.91 Å². The monoisotopic (exact) mass is 130 g/mol. The molecule has 50 valence electrons. The molecular formula is C4H6N2O3. The maximum absolute atomic E-state index is 10.2. The molecule has 1 aliphatic rings. The van der Waals surface area contributed by atoms with Gasteiger partial charge in [-0.2, -0.15) is 0 Å². The Labute approximate surface area is 51.0 Å². The molecule has 2 atom stereocenters. The first-order valence-corrected chi connectivity index (χ1v) is 2.55. The van der Waals surface area contributed by atoms with Crippen LogP contribution >= 0.6 is 0 Å². The zero-order valence-electron chi connectivity index (χ0n) is 4.61. The van der Waals surface area contributed by atoms with Gasteiger partial charge in [-0.25, -0.2) is 0 Å². The van der Waals surface area contributed by atoms with E-state index in [1.54, 1.807) is 0 Å². The largest absolute Gasteiger partial charge is 0.369 e. The van der Waals surface area contributed by atoms with Gasteiger partial charge in [-0.05, 0) is 0 Å². The van der Waals surface area contributed by atoms with Gasteiger partial charge in [-0.3, -0.25) is 14.9 Å². The third-order valence-electron chi connectivity index (χ3n) is 1.39. The lowest BCUT2D eigenvalue weighted by atomic mass is 10.4. The van der Waals surface area contributed by atoms with E-state index < -0.39 is 22.8 Å². The predicted octanol–water partition coefficient (Wildman–Crippen LogP) is -0.863. The van der Waals surface area contributed by atoms with Crippen LogP contribution in [0.5, 0.6) is 0 Å². The molecule has 1 aliphatic carbocycles. The third-order valence-corrected chi connectivity index (χ3v) is 1.39. The third kappa shape index (κ3) is 0.984. The van der Waals surface area contributed by atoms with Gasteiger partial charge in [0.2, 0.25) is 11.9 Å². The summed E-state index contributed by atoms with van der Waals surface area (Å²) in [6.07, 6.45) is 0.322. The molecule has 1 saturated carbocycles. The second kappa shape index (κ2) is 1.68. The van der Waals surface area contributed by atoms with Crippen molar-refractivity contribution in [3.8, 4) is 0 Å². The summed E-state index contributed by atoms with van der Waals surface area (Å²) in [6.45, 7) is 0. The zero-order valence-corrected chi connectivity index (χ0v) is 4.61. The number of carbonyl (C=O) groups excluding carboxylic acids is 1. The first kappa shape index (κ1) is 6.00. The Kier molecular flexibility index (Phi) is 1.12. The molecule has 0 heterocycles. The van der Waals surface area contributed by atoms with Crippen LogP contribution in [0.4, 0.5) is 0 Å². The molecule has 5 nitrogen and oxygen atoms in total. The number of rotatable bonds is 2. The lowest BCUT2D eigenvalue weighted by molar-refractivity contribution is -0.497. The highest BCUT2D eigenvalue weighted by Gasteiger charge is 2.52. The van der Waals surface area contributed by atoms with Gasteiger partial charge in [0.25, 0.3) is 0 Å². The van der Waals surface area contributed by atoms with Gasteiger partial charge in [0.1, 0.15) is 5.92 Å². The van der Waals surface area contributed by atoms with Crippen LogP contribution in [-0.4, -0.2) is 16.9 Å². The molecule has 5 heteroatoms. The number of nitrogens with two attached hydrogens (primary N) is 1. The smallest absolute Gasteiger partial charge is 0.227 e. The molecule has 0 spiro atoms. The summed E-state index contributed by atoms with van der Waals surface area (Å²) in [6, 6.07) is -0.692. The maximum Gasteiger partial charge on any atom is 0.227 e. The van der Waals surface area contributed by atoms with Crippen LogP contribution < -0.4 is 5.73 Å². The van der Waals surface area contributed by atoms with E-state index in [0.717, 1.165) is 0 Å². The second-order valence-electron chi connectivity index (χ2n) is 2.10. The Morgan fingerprint density at radius 3 is 2.44 bits per heavy atom. The van der Waals surface area contributed by atoms with Crippen molar-refractivity contribution in [2.75, 3.05) is 0 Å². The summed E-state index contributed by atoms with van der Waals surface area (Å²) in [4.78, 5) is 19.6. The molecule has 1 amide bonds. The van der Waals surface area contributed by atoms with Crippen molar-refractivity contribution in [2.24, 2.45) is 11.7 Å². The van der Waals surface area contributed by atoms with Crippen molar-refractivity contribution in [2.45, 2.75) is 12.5 Å². The summed E-state index contributed by atoms with van der Waals surface area (Å²) in [5.41, 5.74) is 4.78. The average Bonchev–Trinajstić information content (AvgIpc) is 2.39. The van der Waals surface area contributed by atoms with E-state index in [-0.39, 0.29) is 0 Å². The van der Waals surface area contributed by atoms with Gasteiger partial charge in [0.05, 0.1) is 0 Å². The molecule has 1 rings (SSSR count). The molecular weight excluding hydrogens is 124 g/mol. The van der Waals surface area contributed by atoms with Crippen LogP contribution in [0.2, 0.25) is 0 Å². The van der Waals surface area contributed by atoms with E-state index in [2.05, 4.69) is 0 Å². The standard InChI is InChI=1S/C4H6N2O3/c5-4(7)2-1-3(2)6(8)9/h2-3H,1H2,(H2,5,7). The molecule has 0 bridgehead atoms. The highest BCUT2D eigenvalue weighted by Crippen LogP contribution is 2.32. The Hall–Kier alpha value is -1.13. The van der Waals surface area contributed by atoms with E-state index in [4.69, 9.17) is 5.73 Å². The molecule has 9 heavy (non-hydrogen) atoms. The van der Waals surface area contributed by atoms with E-state index in [1.807, 2.05) is 0 Å². The number of primary amides is 1. The summed E-state index contributed by atoms with van der Waals surface area (Å²) in [5, 5.41) is 9.87. The lowest BCUT2D eigenvalue weighted by Crippen LogP contribution is -2.18. The van der Waals surface area contributed by atoms with E-state index in [1.165, 1.54) is 0 Å². The molecule has 0 aromatic carbocycles. The van der Waals surface area contributed by atoms with Crippen molar-refractivity contribution < 1.29 is 9.72 Å². The summed E-state index contributed by atoms with van der Waals surface area (Å²) >= 11 is 0. The Balaban J connectivity index is 2.42. The maximum atomic E-state index is 10.2. The molecule has 0 saturated heterocycles. The van der Waals surface area contributed by atoms with Crippen LogP contribution in [-0.2, 0) is 4.79 Å². The topological polar surface area (TPSA) is 86.2 Å². The molecule has 0 radical (unpaired) electrons.